The number of rotatable bonds is 12. The molecule has 4 N–H and O–H groups in total. The molecule has 0 aliphatic carbocycles. The highest BCUT2D eigenvalue weighted by molar-refractivity contribution is 6.03. The van der Waals surface area contributed by atoms with Crippen LogP contribution in [0.15, 0.2) is 54.6 Å². The van der Waals surface area contributed by atoms with Gasteiger partial charge in [-0.25, -0.2) is 0 Å². The molecule has 8 nitrogen and oxygen atoms in total. The number of nitrogens with zero attached hydrogens (tertiary/aromatic N) is 1. The van der Waals surface area contributed by atoms with Gasteiger partial charge in [0.05, 0.1) is 5.69 Å². The maximum Gasteiger partial charge on any atom is 0.248 e. The van der Waals surface area contributed by atoms with Gasteiger partial charge in [-0.2, -0.15) is 0 Å². The second-order valence-electron chi connectivity index (χ2n) is 8.73. The fourth-order valence-corrected chi connectivity index (χ4v) is 4.01. The Morgan fingerprint density at radius 1 is 0.914 bits per heavy atom. The first-order chi connectivity index (χ1) is 17.0. The van der Waals surface area contributed by atoms with Crippen molar-refractivity contribution in [2.24, 2.45) is 5.73 Å². The molecule has 0 saturated carbocycles. The summed E-state index contributed by atoms with van der Waals surface area (Å²) in [6.45, 7) is 3.08. The molecule has 2 atom stereocenters. The number of ether oxygens (including phenoxy) is 1. The van der Waals surface area contributed by atoms with E-state index in [0.29, 0.717) is 30.9 Å². The van der Waals surface area contributed by atoms with Gasteiger partial charge in [-0.1, -0.05) is 55.8 Å². The maximum absolute atomic E-state index is 13.3. The van der Waals surface area contributed by atoms with Gasteiger partial charge >= 0.3 is 0 Å². The topological polar surface area (TPSA) is 114 Å². The predicted octanol–water partition coefficient (Wildman–Crippen LogP) is 3.07. The molecule has 0 bridgehead atoms. The summed E-state index contributed by atoms with van der Waals surface area (Å²) in [7, 11) is 0. The zero-order valence-corrected chi connectivity index (χ0v) is 20.4. The van der Waals surface area contributed by atoms with Crippen molar-refractivity contribution in [1.29, 1.82) is 0 Å². The number of hydrogen-bond acceptors (Lipinski definition) is 5. The monoisotopic (exact) mass is 480 g/mol. The van der Waals surface area contributed by atoms with Crippen LogP contribution in [0.4, 0.5) is 5.69 Å². The predicted molar refractivity (Wildman–Crippen MR) is 136 cm³/mol. The Balaban J connectivity index is 1.51. The van der Waals surface area contributed by atoms with E-state index < -0.39 is 12.1 Å². The van der Waals surface area contributed by atoms with Gasteiger partial charge in [-0.15, -0.1) is 0 Å². The summed E-state index contributed by atoms with van der Waals surface area (Å²) < 4.78 is 6.16. The second kappa shape index (κ2) is 13.5. The third kappa shape index (κ3) is 7.55. The summed E-state index contributed by atoms with van der Waals surface area (Å²) in [5.41, 5.74) is 7.67. The number of carbonyl (C=O) groups is 3. The van der Waals surface area contributed by atoms with Crippen molar-refractivity contribution < 1.29 is 19.1 Å². The molecule has 0 radical (unpaired) electrons. The molecule has 0 unspecified atom stereocenters. The molecule has 8 heteroatoms. The molecule has 0 saturated heterocycles. The van der Waals surface area contributed by atoms with Crippen LogP contribution in [0.25, 0.3) is 0 Å². The number of hydrogen-bond donors (Lipinski definition) is 3. The van der Waals surface area contributed by atoms with Gasteiger partial charge in [0.1, 0.15) is 24.4 Å². The van der Waals surface area contributed by atoms with E-state index in [1.54, 1.807) is 18.2 Å². The molecule has 2 aromatic rings. The molecule has 2 aromatic carbocycles. The Morgan fingerprint density at radius 3 is 2.29 bits per heavy atom. The number of fused-ring (bicyclic) bond motifs is 1. The summed E-state index contributed by atoms with van der Waals surface area (Å²) in [5.74, 6) is -0.0140. The highest BCUT2D eigenvalue weighted by atomic mass is 16.5. The van der Waals surface area contributed by atoms with E-state index in [0.717, 1.165) is 37.7 Å². The van der Waals surface area contributed by atoms with Crippen LogP contribution >= 0.6 is 0 Å². The molecule has 188 valence electrons. The number of nitrogens with two attached hydrogens (primary N) is 1. The van der Waals surface area contributed by atoms with Gasteiger partial charge in [0, 0.05) is 19.5 Å². The largest absolute Gasteiger partial charge is 0.481 e. The Kier molecular flexibility index (Phi) is 10.1. The molecule has 35 heavy (non-hydrogen) atoms. The summed E-state index contributed by atoms with van der Waals surface area (Å²) in [4.78, 5) is 39.0. The summed E-state index contributed by atoms with van der Waals surface area (Å²) in [6.07, 6.45) is 4.38. The van der Waals surface area contributed by atoms with E-state index in [2.05, 4.69) is 17.6 Å². The average molecular weight is 481 g/mol. The van der Waals surface area contributed by atoms with Gasteiger partial charge in [0.2, 0.25) is 17.7 Å². The van der Waals surface area contributed by atoms with E-state index in [-0.39, 0.29) is 24.3 Å². The van der Waals surface area contributed by atoms with Gasteiger partial charge in [0.15, 0.2) is 0 Å². The maximum atomic E-state index is 13.3. The first-order valence-corrected chi connectivity index (χ1v) is 12.4. The van der Waals surface area contributed by atoms with Crippen LogP contribution in [-0.2, 0) is 14.4 Å². The van der Waals surface area contributed by atoms with Crippen LogP contribution in [0.1, 0.15) is 57.1 Å². The Bertz CT molecular complexity index is 982. The Labute approximate surface area is 207 Å². The molecule has 0 fully saturated rings. The molecule has 0 aromatic heterocycles. The van der Waals surface area contributed by atoms with Crippen molar-refractivity contribution in [2.75, 3.05) is 24.5 Å². The van der Waals surface area contributed by atoms with Crippen molar-refractivity contribution in [3.05, 3.63) is 60.2 Å². The van der Waals surface area contributed by atoms with E-state index in [4.69, 9.17) is 10.5 Å². The lowest BCUT2D eigenvalue weighted by Crippen LogP contribution is -2.49. The van der Waals surface area contributed by atoms with Crippen LogP contribution in [0.2, 0.25) is 0 Å². The fraction of sp³-hybridized carbons (Fsp3) is 0.444. The highest BCUT2D eigenvalue weighted by Gasteiger charge is 2.37. The van der Waals surface area contributed by atoms with Gasteiger partial charge < -0.3 is 21.1 Å². The average Bonchev–Trinajstić information content (AvgIpc) is 2.98. The first kappa shape index (κ1) is 26.2. The Hall–Kier alpha value is -3.39. The number of carbonyl (C=O) groups excluding carboxylic acids is 3. The van der Waals surface area contributed by atoms with E-state index in [9.17, 15) is 14.4 Å². The van der Waals surface area contributed by atoms with E-state index >= 15 is 0 Å². The first-order valence-electron chi connectivity index (χ1n) is 12.4. The van der Waals surface area contributed by atoms with Gasteiger partial charge in [0.25, 0.3) is 0 Å². The van der Waals surface area contributed by atoms with Crippen molar-refractivity contribution in [3.8, 4) is 5.75 Å². The molecule has 3 rings (SSSR count). The standard InChI is InChI=1S/C27H36N4O4/c1-2-3-16-23(32)29-17-10-5-11-18-30-24(33)19-31-21-14-8-9-15-22(21)35-26(25(28)27(31)34)20-12-6-4-7-13-20/h4,6-9,12-15,25-26H,2-3,5,10-11,16-19,28H2,1H3,(H,29,32)(H,30,33)/t25-,26+/m0/s1. The number of amides is 3. The SMILES string of the molecule is CCCCC(=O)NCCCCCNC(=O)CN1C(=O)[C@@H](N)[C@@H](c2ccccc2)Oc2ccccc21. The van der Waals surface area contributed by atoms with Crippen molar-refractivity contribution in [3.63, 3.8) is 0 Å². The molecular formula is C27H36N4O4. The van der Waals surface area contributed by atoms with Crippen molar-refractivity contribution in [2.45, 2.75) is 57.6 Å². The molecule has 1 heterocycles. The van der Waals surface area contributed by atoms with Crippen LogP contribution in [0.3, 0.4) is 0 Å². The summed E-state index contributed by atoms with van der Waals surface area (Å²) >= 11 is 0. The summed E-state index contributed by atoms with van der Waals surface area (Å²) in [6, 6.07) is 15.6. The Morgan fingerprint density at radius 2 is 1.57 bits per heavy atom. The quantitative estimate of drug-likeness (QED) is 0.404. The zero-order valence-electron chi connectivity index (χ0n) is 20.4. The molecular weight excluding hydrogens is 444 g/mol. The van der Waals surface area contributed by atoms with Gasteiger partial charge in [-0.3, -0.25) is 19.3 Å². The number of para-hydroxylation sites is 2. The normalized spacial score (nSPS) is 17.2. The van der Waals surface area contributed by atoms with Crippen LogP contribution < -0.4 is 26.0 Å². The lowest BCUT2D eigenvalue weighted by Gasteiger charge is -2.24. The molecule has 3 amide bonds. The van der Waals surface area contributed by atoms with Gasteiger partial charge in [-0.05, 0) is 43.4 Å². The molecule has 0 spiro atoms. The molecule has 1 aliphatic rings. The number of unbranched alkanes of at least 4 members (excludes halogenated alkanes) is 3. The minimum atomic E-state index is -0.954. The number of benzene rings is 2. The fourth-order valence-electron chi connectivity index (χ4n) is 4.01. The summed E-state index contributed by atoms with van der Waals surface area (Å²) in [5, 5.41) is 5.80. The third-order valence-corrected chi connectivity index (χ3v) is 5.97. The minimum absolute atomic E-state index is 0.0965. The van der Waals surface area contributed by atoms with E-state index in [1.807, 2.05) is 36.4 Å². The lowest BCUT2D eigenvalue weighted by atomic mass is 10.0. The zero-order chi connectivity index (χ0) is 25.0. The minimum Gasteiger partial charge on any atom is -0.481 e. The van der Waals surface area contributed by atoms with Crippen molar-refractivity contribution >= 4 is 23.4 Å². The number of nitrogens with one attached hydrogen (secondary N) is 2. The van der Waals surface area contributed by atoms with Crippen LogP contribution in [0, 0.1) is 0 Å². The second-order valence-corrected chi connectivity index (χ2v) is 8.73. The van der Waals surface area contributed by atoms with E-state index in [1.165, 1.54) is 4.90 Å². The van der Waals surface area contributed by atoms with Crippen LogP contribution in [0.5, 0.6) is 5.75 Å². The van der Waals surface area contributed by atoms with Crippen molar-refractivity contribution in [1.82, 2.24) is 10.6 Å². The third-order valence-electron chi connectivity index (χ3n) is 5.97. The molecule has 1 aliphatic heterocycles. The number of anilines is 1. The highest BCUT2D eigenvalue weighted by Crippen LogP contribution is 2.37. The van der Waals surface area contributed by atoms with Crippen LogP contribution in [-0.4, -0.2) is 43.4 Å². The smallest absolute Gasteiger partial charge is 0.248 e. The lowest BCUT2D eigenvalue weighted by molar-refractivity contribution is -0.125.